The predicted molar refractivity (Wildman–Crippen MR) is 75.8 cm³/mol. The number of ether oxygens (including phenoxy) is 2. The number of para-hydroxylation sites is 1. The first kappa shape index (κ1) is 13.3. The summed E-state index contributed by atoms with van der Waals surface area (Å²) in [7, 11) is 0. The van der Waals surface area contributed by atoms with Gasteiger partial charge >= 0.3 is 0 Å². The molecule has 0 fully saturated rings. The molecule has 1 aliphatic rings. The van der Waals surface area contributed by atoms with Crippen LogP contribution in [0.25, 0.3) is 21.6 Å². The number of halogens is 1. The van der Waals surface area contributed by atoms with Crippen LogP contribution in [-0.2, 0) is 0 Å². The number of rotatable bonds is 3. The van der Waals surface area contributed by atoms with Crippen LogP contribution in [-0.4, -0.2) is 19.3 Å². The van der Waals surface area contributed by atoms with Crippen LogP contribution in [0.15, 0.2) is 47.6 Å². The Morgan fingerprint density at radius 1 is 1.19 bits per heavy atom. The fourth-order valence-electron chi connectivity index (χ4n) is 2.24. The van der Waals surface area contributed by atoms with E-state index in [1.165, 1.54) is 6.07 Å². The molecule has 0 aromatic heterocycles. The minimum Gasteiger partial charge on any atom is -0.486 e. The number of hydrogen-bond acceptors (Lipinski definition) is 3. The maximum absolute atomic E-state index is 14.0. The normalized spacial score (nSPS) is 16.1. The molecule has 0 N–H and O–H groups in total. The van der Waals surface area contributed by atoms with Crippen molar-refractivity contribution in [2.75, 3.05) is 13.2 Å². The Balaban J connectivity index is 2.01. The van der Waals surface area contributed by atoms with Gasteiger partial charge < -0.3 is 9.47 Å². The van der Waals surface area contributed by atoms with E-state index in [0.717, 1.165) is 0 Å². The van der Waals surface area contributed by atoms with Crippen molar-refractivity contribution < 1.29 is 13.9 Å². The lowest BCUT2D eigenvalue weighted by molar-refractivity contribution is 0.0976. The highest BCUT2D eigenvalue weighted by atomic mass is 19.1. The van der Waals surface area contributed by atoms with Crippen LogP contribution in [0.5, 0.6) is 11.5 Å². The molecule has 0 aliphatic carbocycles. The van der Waals surface area contributed by atoms with Crippen LogP contribution in [0.3, 0.4) is 0 Å². The zero-order valence-corrected chi connectivity index (χ0v) is 11.1. The quantitative estimate of drug-likeness (QED) is 0.487. The van der Waals surface area contributed by atoms with E-state index in [9.17, 15) is 4.39 Å². The van der Waals surface area contributed by atoms with Crippen molar-refractivity contribution in [1.29, 1.82) is 0 Å². The first-order chi connectivity index (χ1) is 10.3. The Labute approximate surface area is 120 Å². The monoisotopic (exact) mass is 285 g/mol. The second-order valence-corrected chi connectivity index (χ2v) is 4.58. The first-order valence-corrected chi connectivity index (χ1v) is 6.48. The highest BCUT2D eigenvalue weighted by Crippen LogP contribution is 2.41. The first-order valence-electron chi connectivity index (χ1n) is 6.48. The molecule has 0 saturated heterocycles. The van der Waals surface area contributed by atoms with E-state index in [0.29, 0.717) is 29.2 Å². The van der Waals surface area contributed by atoms with Crippen LogP contribution in [0, 0.1) is 5.82 Å². The second kappa shape index (κ2) is 5.73. The zero-order valence-electron chi connectivity index (χ0n) is 11.1. The molecule has 106 valence electrons. The van der Waals surface area contributed by atoms with Crippen molar-refractivity contribution in [2.45, 2.75) is 6.10 Å². The van der Waals surface area contributed by atoms with Crippen molar-refractivity contribution in [3.05, 3.63) is 58.7 Å². The summed E-state index contributed by atoms with van der Waals surface area (Å²) in [4.78, 5) is 2.71. The third kappa shape index (κ3) is 2.61. The molecular weight excluding hydrogens is 273 g/mol. The Kier molecular flexibility index (Phi) is 3.62. The highest BCUT2D eigenvalue weighted by molar-refractivity contribution is 5.74. The van der Waals surface area contributed by atoms with Gasteiger partial charge in [-0.15, -0.1) is 0 Å². The van der Waals surface area contributed by atoms with Gasteiger partial charge in [-0.05, 0) is 17.7 Å². The van der Waals surface area contributed by atoms with Gasteiger partial charge in [0.1, 0.15) is 18.5 Å². The number of azide groups is 1. The minimum atomic E-state index is -0.374. The Morgan fingerprint density at radius 3 is 2.81 bits per heavy atom. The maximum atomic E-state index is 14.0. The lowest BCUT2D eigenvalue weighted by atomic mass is 10.0. The summed E-state index contributed by atoms with van der Waals surface area (Å²) < 4.78 is 25.4. The number of benzene rings is 2. The number of nitrogens with zero attached hydrogens (tertiary/aromatic N) is 3. The Morgan fingerprint density at radius 2 is 2.00 bits per heavy atom. The van der Waals surface area contributed by atoms with E-state index < -0.39 is 0 Å². The van der Waals surface area contributed by atoms with Gasteiger partial charge in [-0.25, -0.2) is 4.39 Å². The van der Waals surface area contributed by atoms with Crippen molar-refractivity contribution in [2.24, 2.45) is 5.11 Å². The van der Waals surface area contributed by atoms with Crippen LogP contribution in [0.1, 0.15) is 0 Å². The van der Waals surface area contributed by atoms with Gasteiger partial charge in [0.05, 0.1) is 6.54 Å². The second-order valence-electron chi connectivity index (χ2n) is 4.58. The van der Waals surface area contributed by atoms with Crippen LogP contribution >= 0.6 is 0 Å². The van der Waals surface area contributed by atoms with Crippen LogP contribution in [0.2, 0.25) is 0 Å². The van der Waals surface area contributed by atoms with Crippen molar-refractivity contribution in [3.8, 4) is 22.6 Å². The van der Waals surface area contributed by atoms with E-state index in [1.54, 1.807) is 36.4 Å². The van der Waals surface area contributed by atoms with Gasteiger partial charge in [-0.1, -0.05) is 35.4 Å². The van der Waals surface area contributed by atoms with Gasteiger partial charge in [0.25, 0.3) is 0 Å². The van der Waals surface area contributed by atoms with Crippen molar-refractivity contribution >= 4 is 0 Å². The summed E-state index contributed by atoms with van der Waals surface area (Å²) in [6.07, 6.45) is -0.374. The lowest BCUT2D eigenvalue weighted by Gasteiger charge is -2.27. The summed E-state index contributed by atoms with van der Waals surface area (Å²) in [6.45, 7) is 0.467. The molecule has 1 unspecified atom stereocenters. The molecule has 0 amide bonds. The molecule has 21 heavy (non-hydrogen) atoms. The molecule has 1 aliphatic heterocycles. The van der Waals surface area contributed by atoms with Gasteiger partial charge in [-0.2, -0.15) is 0 Å². The average molecular weight is 285 g/mol. The van der Waals surface area contributed by atoms with Gasteiger partial charge in [0.2, 0.25) is 0 Å². The molecule has 6 heteroatoms. The largest absolute Gasteiger partial charge is 0.486 e. The molecule has 2 aromatic carbocycles. The van der Waals surface area contributed by atoms with Gasteiger partial charge in [-0.3, -0.25) is 0 Å². The third-order valence-electron chi connectivity index (χ3n) is 3.20. The predicted octanol–water partition coefficient (Wildman–Crippen LogP) is 3.94. The molecule has 3 rings (SSSR count). The standard InChI is InChI=1S/C15H12FN3O2/c16-13-6-2-1-4-11(13)12-5-3-7-14-15(12)21-10(9-20-14)8-18-19-17/h1-7,10H,8-9H2. The van der Waals surface area contributed by atoms with Gasteiger partial charge in [0.15, 0.2) is 11.5 Å². The average Bonchev–Trinajstić information content (AvgIpc) is 2.53. The fraction of sp³-hybridized carbons (Fsp3) is 0.200. The Bertz CT molecular complexity index is 714. The molecular formula is C15H12FN3O2. The molecule has 0 saturated carbocycles. The summed E-state index contributed by atoms with van der Waals surface area (Å²) in [6, 6.07) is 11.8. The molecule has 1 heterocycles. The smallest absolute Gasteiger partial charge is 0.169 e. The van der Waals surface area contributed by atoms with E-state index in [1.807, 2.05) is 0 Å². The Hall–Kier alpha value is -2.72. The molecule has 0 bridgehead atoms. The summed E-state index contributed by atoms with van der Waals surface area (Å²) in [5.41, 5.74) is 9.44. The highest BCUT2D eigenvalue weighted by Gasteiger charge is 2.24. The van der Waals surface area contributed by atoms with E-state index in [4.69, 9.17) is 15.0 Å². The van der Waals surface area contributed by atoms with Gasteiger partial charge in [0, 0.05) is 16.0 Å². The summed E-state index contributed by atoms with van der Waals surface area (Å²) >= 11 is 0. The van der Waals surface area contributed by atoms with Crippen molar-refractivity contribution in [1.82, 2.24) is 0 Å². The molecule has 0 radical (unpaired) electrons. The minimum absolute atomic E-state index is 0.168. The maximum Gasteiger partial charge on any atom is 0.169 e. The SMILES string of the molecule is [N-]=[N+]=NCC1COc2cccc(-c3ccccc3F)c2O1. The van der Waals surface area contributed by atoms with Crippen LogP contribution in [0.4, 0.5) is 4.39 Å². The molecule has 2 aromatic rings. The summed E-state index contributed by atoms with van der Waals surface area (Å²) in [5.74, 6) is 0.714. The topological polar surface area (TPSA) is 67.2 Å². The lowest BCUT2D eigenvalue weighted by Crippen LogP contribution is -2.31. The van der Waals surface area contributed by atoms with E-state index in [2.05, 4.69) is 10.0 Å². The molecule has 1 atom stereocenters. The summed E-state index contributed by atoms with van der Waals surface area (Å²) in [5, 5.41) is 3.49. The molecule has 0 spiro atoms. The van der Waals surface area contributed by atoms with E-state index >= 15 is 0 Å². The van der Waals surface area contributed by atoms with Crippen molar-refractivity contribution in [3.63, 3.8) is 0 Å². The fourth-order valence-corrected chi connectivity index (χ4v) is 2.24. The number of hydrogen-bond donors (Lipinski definition) is 0. The third-order valence-corrected chi connectivity index (χ3v) is 3.20. The number of fused-ring (bicyclic) bond motifs is 1. The van der Waals surface area contributed by atoms with E-state index in [-0.39, 0.29) is 18.5 Å². The molecule has 5 nitrogen and oxygen atoms in total. The zero-order chi connectivity index (χ0) is 14.7. The van der Waals surface area contributed by atoms with Crippen LogP contribution < -0.4 is 9.47 Å².